The molecular formula is C56H102N2O6P+. The van der Waals surface area contributed by atoms with Crippen LogP contribution in [0.2, 0.25) is 0 Å². The summed E-state index contributed by atoms with van der Waals surface area (Å²) in [6.07, 6.45) is 65.2. The predicted molar refractivity (Wildman–Crippen MR) is 281 cm³/mol. The van der Waals surface area contributed by atoms with Gasteiger partial charge < -0.3 is 19.8 Å². The summed E-state index contributed by atoms with van der Waals surface area (Å²) < 4.78 is 23.6. The Morgan fingerprint density at radius 3 is 1.35 bits per heavy atom. The Hall–Kier alpha value is -2.32. The van der Waals surface area contributed by atoms with Gasteiger partial charge in [0.05, 0.1) is 39.9 Å². The minimum Gasteiger partial charge on any atom is -0.387 e. The van der Waals surface area contributed by atoms with Crippen molar-refractivity contribution < 1.29 is 32.9 Å². The van der Waals surface area contributed by atoms with Crippen molar-refractivity contribution in [3.05, 3.63) is 85.1 Å². The number of likely N-dealkylation sites (N-methyl/N-ethyl adjacent to an activating group) is 1. The third kappa shape index (κ3) is 49.4. The molecule has 3 N–H and O–H groups in total. The fourth-order valence-corrected chi connectivity index (χ4v) is 7.96. The van der Waals surface area contributed by atoms with Gasteiger partial charge in [-0.3, -0.25) is 13.8 Å². The smallest absolute Gasteiger partial charge is 0.387 e. The molecule has 9 heteroatoms. The monoisotopic (exact) mass is 930 g/mol. The quantitative estimate of drug-likeness (QED) is 0.0243. The fourth-order valence-electron chi connectivity index (χ4n) is 7.22. The molecule has 0 heterocycles. The lowest BCUT2D eigenvalue weighted by molar-refractivity contribution is -0.870. The van der Waals surface area contributed by atoms with Gasteiger partial charge >= 0.3 is 7.82 Å². The summed E-state index contributed by atoms with van der Waals surface area (Å²) in [5, 5.41) is 13.9. The number of carbonyl (C=O) groups is 1. The van der Waals surface area contributed by atoms with E-state index in [9.17, 15) is 19.4 Å². The topological polar surface area (TPSA) is 105 Å². The number of hydrogen-bond acceptors (Lipinski definition) is 5. The van der Waals surface area contributed by atoms with E-state index in [2.05, 4.69) is 92.1 Å². The lowest BCUT2D eigenvalue weighted by Gasteiger charge is -2.25. The van der Waals surface area contributed by atoms with Crippen LogP contribution in [0.3, 0.4) is 0 Å². The first-order valence-corrected chi connectivity index (χ1v) is 28.0. The van der Waals surface area contributed by atoms with Crippen molar-refractivity contribution in [2.75, 3.05) is 40.9 Å². The first kappa shape index (κ1) is 62.7. The van der Waals surface area contributed by atoms with Crippen LogP contribution in [0, 0.1) is 0 Å². The lowest BCUT2D eigenvalue weighted by Crippen LogP contribution is -2.45. The van der Waals surface area contributed by atoms with Gasteiger partial charge in [-0.05, 0) is 70.6 Å². The molecule has 0 aromatic rings. The van der Waals surface area contributed by atoms with Crippen molar-refractivity contribution in [1.82, 2.24) is 5.32 Å². The number of aliphatic hydroxyl groups is 1. The highest BCUT2D eigenvalue weighted by Gasteiger charge is 2.27. The van der Waals surface area contributed by atoms with E-state index in [-0.39, 0.29) is 19.1 Å². The summed E-state index contributed by atoms with van der Waals surface area (Å²) in [7, 11) is 1.56. The molecule has 0 rings (SSSR count). The normalized spacial score (nSPS) is 14.8. The van der Waals surface area contributed by atoms with Gasteiger partial charge in [-0.1, -0.05) is 221 Å². The number of nitrogens with one attached hydrogen (secondary N) is 1. The Morgan fingerprint density at radius 2 is 0.923 bits per heavy atom. The minimum atomic E-state index is -4.35. The standard InChI is InChI=1S/C56H101N2O6P/c1-6-8-10-12-14-16-18-20-22-24-25-26-27-28-29-30-31-32-33-34-36-38-40-42-44-46-48-50-56(60)57-54(53-64-65(61,62)63-52-51-58(3,4)5)55(59)49-47-45-43-41-39-37-35-23-21-19-17-15-13-11-9-7-2/h8,10,14,16,20,22,25-26,28-29,31-32,47,49,54-55,59H,6-7,9,11-13,15,17-19,21,23-24,27,30,33-46,48,50-53H2,1-5H3,(H-,57,60,61,62)/p+1/b10-8-,16-14-,22-20-,26-25-,29-28-,32-31-,49-47+. The molecule has 8 nitrogen and oxygen atoms in total. The number of phosphoric ester groups is 1. The fraction of sp³-hybridized carbons (Fsp3) is 0.732. The molecule has 1 amide bonds. The number of aliphatic hydroxyl groups excluding tert-OH is 1. The molecule has 65 heavy (non-hydrogen) atoms. The van der Waals surface area contributed by atoms with Gasteiger partial charge in [0.25, 0.3) is 0 Å². The average molecular weight is 930 g/mol. The van der Waals surface area contributed by atoms with Crippen molar-refractivity contribution in [3.63, 3.8) is 0 Å². The highest BCUT2D eigenvalue weighted by Crippen LogP contribution is 2.43. The van der Waals surface area contributed by atoms with Gasteiger partial charge in [0, 0.05) is 6.42 Å². The Morgan fingerprint density at radius 1 is 0.538 bits per heavy atom. The van der Waals surface area contributed by atoms with Gasteiger partial charge in [-0.15, -0.1) is 0 Å². The zero-order chi connectivity index (χ0) is 47.8. The molecule has 0 bridgehead atoms. The van der Waals surface area contributed by atoms with Gasteiger partial charge in [0.2, 0.25) is 5.91 Å². The van der Waals surface area contributed by atoms with E-state index in [0.29, 0.717) is 17.4 Å². The second kappa shape index (κ2) is 46.8. The SMILES string of the molecule is CC/C=C\C/C=C\C/C=C\C/C=C\C/C=C\C/C=C\CCCCCCCCCCC(=O)NC(COP(=O)(O)OCC[N+](C)(C)C)C(O)/C=C/CCCCCCCCCCCCCCCC. The number of nitrogens with zero attached hydrogens (tertiary/aromatic N) is 1. The molecular weight excluding hydrogens is 828 g/mol. The summed E-state index contributed by atoms with van der Waals surface area (Å²) >= 11 is 0. The van der Waals surface area contributed by atoms with Crippen LogP contribution in [0.25, 0.3) is 0 Å². The van der Waals surface area contributed by atoms with Gasteiger partial charge in [-0.2, -0.15) is 0 Å². The van der Waals surface area contributed by atoms with Gasteiger partial charge in [0.1, 0.15) is 13.2 Å². The highest BCUT2D eigenvalue weighted by molar-refractivity contribution is 7.47. The van der Waals surface area contributed by atoms with Crippen molar-refractivity contribution in [3.8, 4) is 0 Å². The van der Waals surface area contributed by atoms with Crippen molar-refractivity contribution in [2.45, 2.75) is 225 Å². The molecule has 0 fully saturated rings. The molecule has 0 aromatic carbocycles. The van der Waals surface area contributed by atoms with Crippen LogP contribution in [-0.4, -0.2) is 73.4 Å². The second-order valence-electron chi connectivity index (χ2n) is 18.9. The molecule has 3 unspecified atom stereocenters. The summed E-state index contributed by atoms with van der Waals surface area (Å²) in [5.74, 6) is -0.189. The summed E-state index contributed by atoms with van der Waals surface area (Å²) in [6.45, 7) is 4.69. The van der Waals surface area contributed by atoms with Crippen LogP contribution in [0.1, 0.15) is 213 Å². The first-order valence-electron chi connectivity index (χ1n) is 26.5. The van der Waals surface area contributed by atoms with Crippen LogP contribution in [0.4, 0.5) is 0 Å². The predicted octanol–water partition coefficient (Wildman–Crippen LogP) is 15.7. The number of hydrogen-bond donors (Lipinski definition) is 3. The molecule has 0 aromatic heterocycles. The number of rotatable bonds is 47. The first-order chi connectivity index (χ1) is 31.5. The van der Waals surface area contributed by atoms with Crippen LogP contribution in [0.15, 0.2) is 85.1 Å². The van der Waals surface area contributed by atoms with E-state index in [1.165, 1.54) is 109 Å². The van der Waals surface area contributed by atoms with Gasteiger partial charge in [0.15, 0.2) is 0 Å². The van der Waals surface area contributed by atoms with Crippen molar-refractivity contribution in [1.29, 1.82) is 0 Å². The van der Waals surface area contributed by atoms with Crippen LogP contribution in [-0.2, 0) is 18.4 Å². The number of allylic oxidation sites excluding steroid dienone is 13. The molecule has 0 aliphatic heterocycles. The second-order valence-corrected chi connectivity index (χ2v) is 20.3. The summed E-state index contributed by atoms with van der Waals surface area (Å²) in [4.78, 5) is 23.2. The maximum atomic E-state index is 12.9. The van der Waals surface area contributed by atoms with Crippen molar-refractivity contribution >= 4 is 13.7 Å². The number of phosphoric acid groups is 1. The third-order valence-electron chi connectivity index (χ3n) is 11.4. The van der Waals surface area contributed by atoms with E-state index in [1.54, 1.807) is 6.08 Å². The maximum absolute atomic E-state index is 12.9. The van der Waals surface area contributed by atoms with E-state index in [4.69, 9.17) is 9.05 Å². The molecule has 0 spiro atoms. The van der Waals surface area contributed by atoms with Crippen LogP contribution >= 0.6 is 7.82 Å². The molecule has 3 atom stereocenters. The molecule has 376 valence electrons. The van der Waals surface area contributed by atoms with E-state index >= 15 is 0 Å². The van der Waals surface area contributed by atoms with Crippen molar-refractivity contribution in [2.24, 2.45) is 0 Å². The number of carbonyl (C=O) groups excluding carboxylic acids is 1. The van der Waals surface area contributed by atoms with E-state index in [0.717, 1.165) is 83.5 Å². The van der Waals surface area contributed by atoms with Crippen LogP contribution in [0.5, 0.6) is 0 Å². The molecule has 0 saturated heterocycles. The van der Waals surface area contributed by atoms with E-state index in [1.807, 2.05) is 27.2 Å². The number of quaternary nitrogens is 1. The summed E-state index contributed by atoms with van der Waals surface area (Å²) in [5.41, 5.74) is 0. The zero-order valence-corrected chi connectivity index (χ0v) is 43.6. The molecule has 0 aliphatic rings. The Kier molecular flexibility index (Phi) is 45.1. The molecule has 0 saturated carbocycles. The Balaban J connectivity index is 4.29. The van der Waals surface area contributed by atoms with E-state index < -0.39 is 20.0 Å². The number of amides is 1. The van der Waals surface area contributed by atoms with Gasteiger partial charge in [-0.25, -0.2) is 4.57 Å². The van der Waals surface area contributed by atoms with Crippen LogP contribution < -0.4 is 5.32 Å². The lowest BCUT2D eigenvalue weighted by atomic mass is 10.0. The largest absolute Gasteiger partial charge is 0.472 e. The maximum Gasteiger partial charge on any atom is 0.472 e. The Bertz CT molecular complexity index is 1330. The molecule has 0 aliphatic carbocycles. The summed E-state index contributed by atoms with van der Waals surface area (Å²) in [6, 6.07) is -0.856. The Labute approximate surface area is 401 Å². The molecule has 0 radical (unpaired) electrons. The highest BCUT2D eigenvalue weighted by atomic mass is 31.2. The average Bonchev–Trinajstić information content (AvgIpc) is 3.26. The number of unbranched alkanes of at least 4 members (excludes halogenated alkanes) is 22. The zero-order valence-electron chi connectivity index (χ0n) is 42.7. The minimum absolute atomic E-state index is 0.0558. The third-order valence-corrected chi connectivity index (χ3v) is 12.4.